The first-order valence-electron chi connectivity index (χ1n) is 12.4. The van der Waals surface area contributed by atoms with Gasteiger partial charge in [-0.3, -0.25) is 4.31 Å². The molecule has 2 unspecified atom stereocenters. The summed E-state index contributed by atoms with van der Waals surface area (Å²) in [5.74, 6) is 1.67. The average Bonchev–Trinajstić information content (AvgIpc) is 3.31. The molecule has 0 N–H and O–H groups in total. The molecule has 2 atom stereocenters. The number of nitrogens with zero attached hydrogens (tertiary/aromatic N) is 2. The van der Waals surface area contributed by atoms with E-state index >= 15 is 0 Å². The number of halogens is 1. The van der Waals surface area contributed by atoms with Crippen molar-refractivity contribution >= 4 is 11.9 Å². The van der Waals surface area contributed by atoms with Crippen molar-refractivity contribution in [2.24, 2.45) is 11.8 Å². The molecule has 0 amide bonds. The van der Waals surface area contributed by atoms with Gasteiger partial charge in [-0.1, -0.05) is 66.9 Å². The first-order chi connectivity index (χ1) is 15.6. The zero-order chi connectivity index (χ0) is 22.6. The van der Waals surface area contributed by atoms with Crippen molar-refractivity contribution in [1.29, 1.82) is 0 Å². The number of aryl methyl sites for hydroxylation is 1. The van der Waals surface area contributed by atoms with Gasteiger partial charge >= 0.3 is 0 Å². The zero-order valence-electron chi connectivity index (χ0n) is 20.0. The van der Waals surface area contributed by atoms with E-state index in [4.69, 9.17) is 0 Å². The van der Waals surface area contributed by atoms with E-state index in [1.54, 1.807) is 12.1 Å². The van der Waals surface area contributed by atoms with Crippen LogP contribution in [0.5, 0.6) is 0 Å². The summed E-state index contributed by atoms with van der Waals surface area (Å²) >= 11 is 1.88. The molecule has 0 bridgehead atoms. The van der Waals surface area contributed by atoms with E-state index in [1.165, 1.54) is 70.1 Å². The van der Waals surface area contributed by atoms with E-state index in [9.17, 15) is 4.39 Å². The molecule has 2 fully saturated rings. The molecule has 1 aliphatic carbocycles. The van der Waals surface area contributed by atoms with Crippen molar-refractivity contribution in [3.8, 4) is 0 Å². The van der Waals surface area contributed by atoms with Crippen LogP contribution in [0, 0.1) is 17.7 Å². The lowest BCUT2D eigenvalue weighted by atomic mass is 9.90. The minimum absolute atomic E-state index is 0.130. The van der Waals surface area contributed by atoms with Crippen LogP contribution in [0.15, 0.2) is 60.7 Å². The maximum absolute atomic E-state index is 13.0. The Hall–Kier alpha value is -1.36. The third-order valence-electron chi connectivity index (χ3n) is 7.20. The molecule has 4 heteroatoms. The van der Waals surface area contributed by atoms with Crippen LogP contribution in [0.2, 0.25) is 0 Å². The van der Waals surface area contributed by atoms with Gasteiger partial charge in [0.05, 0.1) is 0 Å². The van der Waals surface area contributed by atoms with Gasteiger partial charge in [0, 0.05) is 12.6 Å². The van der Waals surface area contributed by atoms with E-state index in [0.717, 1.165) is 24.3 Å². The summed E-state index contributed by atoms with van der Waals surface area (Å²) in [5, 5.41) is 0. The van der Waals surface area contributed by atoms with Crippen molar-refractivity contribution in [3.05, 3.63) is 72.0 Å². The van der Waals surface area contributed by atoms with Gasteiger partial charge in [-0.15, -0.1) is 0 Å². The van der Waals surface area contributed by atoms with Crippen LogP contribution >= 0.6 is 11.9 Å². The Morgan fingerprint density at radius 3 is 2.12 bits per heavy atom. The van der Waals surface area contributed by atoms with Crippen LogP contribution in [0.3, 0.4) is 0 Å². The number of benzene rings is 2. The molecule has 1 heterocycles. The summed E-state index contributed by atoms with van der Waals surface area (Å²) in [5.41, 5.74) is 1.27. The molecule has 176 valence electrons. The number of hydrogen-bond donors (Lipinski definition) is 0. The van der Waals surface area contributed by atoms with Gasteiger partial charge in [-0.05, 0) is 101 Å². The van der Waals surface area contributed by atoms with Crippen LogP contribution in [0.1, 0.15) is 50.5 Å². The Morgan fingerprint density at radius 1 is 0.906 bits per heavy atom. The van der Waals surface area contributed by atoms with Gasteiger partial charge in [0.1, 0.15) is 5.82 Å². The fourth-order valence-corrected chi connectivity index (χ4v) is 5.64. The largest absolute Gasteiger partial charge is 0.303 e. The van der Waals surface area contributed by atoms with E-state index in [0.29, 0.717) is 0 Å². The van der Waals surface area contributed by atoms with Crippen LogP contribution < -0.4 is 0 Å². The van der Waals surface area contributed by atoms with Crippen LogP contribution in [-0.2, 0) is 6.42 Å². The van der Waals surface area contributed by atoms with Gasteiger partial charge in [0.2, 0.25) is 0 Å². The zero-order valence-corrected chi connectivity index (χ0v) is 20.8. The molecule has 32 heavy (non-hydrogen) atoms. The van der Waals surface area contributed by atoms with E-state index < -0.39 is 0 Å². The van der Waals surface area contributed by atoms with E-state index in [2.05, 4.69) is 22.5 Å². The lowest BCUT2D eigenvalue weighted by Gasteiger charge is -2.33. The highest BCUT2D eigenvalue weighted by Gasteiger charge is 2.29. The lowest BCUT2D eigenvalue weighted by Crippen LogP contribution is -2.37. The van der Waals surface area contributed by atoms with Gasteiger partial charge in [-0.2, -0.15) is 0 Å². The highest BCUT2D eigenvalue weighted by molar-refractivity contribution is 7.96. The van der Waals surface area contributed by atoms with Crippen molar-refractivity contribution in [2.75, 3.05) is 32.9 Å². The first-order valence-corrected chi connectivity index (χ1v) is 13.6. The van der Waals surface area contributed by atoms with Crippen LogP contribution in [-0.4, -0.2) is 48.2 Å². The second-order valence-electron chi connectivity index (χ2n) is 9.48. The highest BCUT2D eigenvalue weighted by Crippen LogP contribution is 2.32. The van der Waals surface area contributed by atoms with Crippen molar-refractivity contribution < 1.29 is 4.39 Å². The first kappa shape index (κ1) is 25.3. The second-order valence-corrected chi connectivity index (χ2v) is 10.4. The fourth-order valence-electron chi connectivity index (χ4n) is 5.15. The van der Waals surface area contributed by atoms with Gasteiger partial charge < -0.3 is 4.90 Å². The molecule has 2 aromatic carbocycles. The Kier molecular flexibility index (Phi) is 11.1. The third kappa shape index (κ3) is 8.88. The van der Waals surface area contributed by atoms with Gasteiger partial charge in [-0.25, -0.2) is 4.39 Å². The molecule has 0 aromatic heterocycles. The summed E-state index contributed by atoms with van der Waals surface area (Å²) in [6.07, 6.45) is 12.7. The molecule has 2 aromatic rings. The SMILES string of the molecule is CSN(C)C1CCC(CN2CCC(CCCc3ccc(F)cc3)CC2)C1.c1ccccc1. The highest BCUT2D eigenvalue weighted by atomic mass is 32.2. The van der Waals surface area contributed by atoms with Gasteiger partial charge in [0.25, 0.3) is 0 Å². The molecule has 1 saturated heterocycles. The molecule has 1 saturated carbocycles. The number of likely N-dealkylation sites (tertiary alicyclic amines) is 1. The van der Waals surface area contributed by atoms with Crippen LogP contribution in [0.25, 0.3) is 0 Å². The summed E-state index contributed by atoms with van der Waals surface area (Å²) in [6.45, 7) is 3.91. The maximum Gasteiger partial charge on any atom is 0.123 e. The molecule has 4 rings (SSSR count). The Morgan fingerprint density at radius 2 is 1.53 bits per heavy atom. The molecule has 0 spiro atoms. The molecule has 2 nitrogen and oxygen atoms in total. The number of piperidine rings is 1. The summed E-state index contributed by atoms with van der Waals surface area (Å²) in [7, 11) is 2.25. The molecule has 0 radical (unpaired) electrons. The molecule has 1 aliphatic heterocycles. The molecular formula is C28H41FN2S. The monoisotopic (exact) mass is 456 g/mol. The lowest BCUT2D eigenvalue weighted by molar-refractivity contribution is 0.154. The predicted molar refractivity (Wildman–Crippen MR) is 137 cm³/mol. The average molecular weight is 457 g/mol. The standard InChI is InChI=1S/C22H35FN2S.C6H6/c1-24(26-2)22-11-8-20(16-22)17-25-14-12-19(13-15-25)5-3-4-18-6-9-21(23)10-7-18;1-2-4-6-5-3-1/h6-7,9-10,19-20,22H,3-5,8,11-17H2,1-2H3;1-6H. The minimum Gasteiger partial charge on any atom is -0.303 e. The van der Waals surface area contributed by atoms with Crippen molar-refractivity contribution in [2.45, 2.75) is 57.4 Å². The minimum atomic E-state index is -0.130. The number of rotatable bonds is 8. The van der Waals surface area contributed by atoms with E-state index in [1.807, 2.05) is 60.5 Å². The Balaban J connectivity index is 0.000000416. The van der Waals surface area contributed by atoms with E-state index in [-0.39, 0.29) is 5.82 Å². The van der Waals surface area contributed by atoms with Crippen molar-refractivity contribution in [1.82, 2.24) is 9.21 Å². The van der Waals surface area contributed by atoms with Crippen molar-refractivity contribution in [3.63, 3.8) is 0 Å². The Bertz CT molecular complexity index is 704. The summed E-state index contributed by atoms with van der Waals surface area (Å²) in [6, 6.07) is 19.8. The predicted octanol–water partition coefficient (Wildman–Crippen LogP) is 6.93. The number of hydrogen-bond acceptors (Lipinski definition) is 3. The Labute approximate surface area is 199 Å². The normalized spacial score (nSPS) is 22.0. The molecular weight excluding hydrogens is 415 g/mol. The second kappa shape index (κ2) is 14.0. The summed E-state index contributed by atoms with van der Waals surface area (Å²) in [4.78, 5) is 2.72. The maximum atomic E-state index is 13.0. The fraction of sp³-hybridized carbons (Fsp3) is 0.571. The third-order valence-corrected chi connectivity index (χ3v) is 8.07. The molecule has 2 aliphatic rings. The quantitative estimate of drug-likeness (QED) is 0.398. The van der Waals surface area contributed by atoms with Crippen LogP contribution in [0.4, 0.5) is 4.39 Å². The summed E-state index contributed by atoms with van der Waals surface area (Å²) < 4.78 is 15.4. The van der Waals surface area contributed by atoms with Gasteiger partial charge in [0.15, 0.2) is 0 Å². The smallest absolute Gasteiger partial charge is 0.123 e. The topological polar surface area (TPSA) is 6.48 Å².